The first-order chi connectivity index (χ1) is 17.3. The Morgan fingerprint density at radius 3 is 1.35 bits per heavy atom. The third-order valence-corrected chi connectivity index (χ3v) is 8.88. The summed E-state index contributed by atoms with van der Waals surface area (Å²) < 4.78 is 1.19. The molecule has 0 saturated carbocycles. The maximum atomic E-state index is 10.2. The third kappa shape index (κ3) is 41.7. The number of carbonyl (C=O) groups excluding carboxylic acids is 1. The van der Waals surface area contributed by atoms with Crippen molar-refractivity contribution < 1.29 is 24.2 Å². The molecule has 0 aromatic carbocycles. The Morgan fingerprint density at radius 1 is 0.973 bits per heavy atom. The Kier molecular flexibility index (Phi) is 61.8. The van der Waals surface area contributed by atoms with E-state index in [0.717, 1.165) is 34.1 Å². The summed E-state index contributed by atoms with van der Waals surface area (Å²) in [5.41, 5.74) is 9.91. The van der Waals surface area contributed by atoms with Crippen molar-refractivity contribution in [3.8, 4) is 12.0 Å². The number of carbonyl (C=O) groups is 2. The van der Waals surface area contributed by atoms with Gasteiger partial charge in [-0.3, -0.25) is 9.59 Å². The summed E-state index contributed by atoms with van der Waals surface area (Å²) >= 11 is 28.4. The maximum absolute atomic E-state index is 10.2. The van der Waals surface area contributed by atoms with E-state index in [1.165, 1.54) is 19.7 Å². The molecule has 0 spiro atoms. The molecule has 4 aliphatic heterocycles. The predicted octanol–water partition coefficient (Wildman–Crippen LogP) is 8.73. The van der Waals surface area contributed by atoms with E-state index in [9.17, 15) is 9.59 Å². The van der Waals surface area contributed by atoms with Crippen molar-refractivity contribution in [3.63, 3.8) is 0 Å². The molecule has 37 heavy (non-hydrogen) atoms. The zero-order valence-corrected chi connectivity index (χ0v) is 40.7. The van der Waals surface area contributed by atoms with Crippen LogP contribution in [-0.2, 0) is 19.1 Å². The standard InChI is InChI=1S/C5H7NS.C4H7NOS.C4H6O2S.C3H5ClS.CH2I2.CH3I.CH3.I2.2HI.V/c6-2-1-5-3-7-4-5;2*5-4(6)3-1-7-2-3;4-1-3-2-5-3;2-1-3;1-2;;1-2;;;/h5H,3-4,6H2;3H,1-2H2,(H2,5,6);3H,1-2H2,(H,5,6);3H,1-2H2;1H2;1H3;1H3;;2*1H;/q;;;;;;-1;;;;+2/p-2. The Labute approximate surface area is 339 Å². The van der Waals surface area contributed by atoms with E-state index < -0.39 is 5.97 Å². The molecule has 1 amide bonds. The second-order valence-electron chi connectivity index (χ2n) is 6.01. The number of primary amides is 1. The molecule has 4 heterocycles. The quantitative estimate of drug-likeness (QED) is 0.0644. The topological polar surface area (TPSA) is 106 Å². The van der Waals surface area contributed by atoms with E-state index in [-0.39, 0.29) is 25.2 Å². The molecule has 4 rings (SSSR count). The molecule has 0 aliphatic carbocycles. The minimum absolute atomic E-state index is 0. The second-order valence-corrected chi connectivity index (χ2v) is 27.1. The first-order valence-electron chi connectivity index (χ1n) is 9.51. The van der Waals surface area contributed by atoms with Gasteiger partial charge in [0.15, 0.2) is 0 Å². The van der Waals surface area contributed by atoms with Gasteiger partial charge in [0.25, 0.3) is 0 Å². The van der Waals surface area contributed by atoms with E-state index >= 15 is 0 Å². The molecule has 223 valence electrons. The minimum atomic E-state index is -0.640. The van der Waals surface area contributed by atoms with Crippen LogP contribution in [-0.4, -0.2) is 75.7 Å². The Morgan fingerprint density at radius 2 is 1.32 bits per heavy atom. The number of halogens is 8. The van der Waals surface area contributed by atoms with Gasteiger partial charge in [-0.05, 0) is 4.93 Å². The van der Waals surface area contributed by atoms with Crippen molar-refractivity contribution >= 4 is 215 Å². The zero-order chi connectivity index (χ0) is 28.8. The summed E-state index contributed by atoms with van der Waals surface area (Å²) in [5, 5.41) is 9.04. The normalized spacial score (nSPS) is 17.5. The van der Waals surface area contributed by atoms with Crippen LogP contribution in [0, 0.1) is 37.1 Å². The number of amides is 1. The number of thioether (sulfide) groups is 4. The number of hydrogen-bond acceptors (Lipinski definition) is 7. The van der Waals surface area contributed by atoms with Crippen molar-refractivity contribution in [3.05, 3.63) is 7.43 Å². The van der Waals surface area contributed by atoms with Crippen LogP contribution < -0.4 is 11.5 Å². The molecular weight excluding hydrogens is 1410 g/mol. The summed E-state index contributed by atoms with van der Waals surface area (Å²) in [7, 11) is 0.628. The van der Waals surface area contributed by atoms with Crippen LogP contribution in [0.3, 0.4) is 0 Å². The van der Waals surface area contributed by atoms with E-state index in [1.807, 2.05) is 28.5 Å². The van der Waals surface area contributed by atoms with Crippen molar-refractivity contribution in [2.45, 2.75) is 5.25 Å². The van der Waals surface area contributed by atoms with Gasteiger partial charge in [-0.25, -0.2) is 0 Å². The number of carboxylic acid groups (broad SMARTS) is 1. The summed E-state index contributed by atoms with van der Waals surface area (Å²) in [4.78, 5) is 22.1. The van der Waals surface area contributed by atoms with Crippen LogP contribution in [0.4, 0.5) is 0 Å². The van der Waals surface area contributed by atoms with Gasteiger partial charge in [-0.2, -0.15) is 47.0 Å². The number of carboxylic acids is 1. The SMILES string of the molecule is CI.ClCC1CS1.ICI.II.NC#CC1CSC1.NC(=O)C1CSC1.O=C(O)C1CSC1.[CH3-].[I][V][I]. The number of rotatable bonds is 3. The fourth-order valence-electron chi connectivity index (χ4n) is 1.37. The third-order valence-electron chi connectivity index (χ3n) is 3.53. The first-order valence-corrected chi connectivity index (χ1v) is 35.1. The predicted molar refractivity (Wildman–Crippen MR) is 234 cm³/mol. The molecule has 0 aromatic heterocycles. The summed E-state index contributed by atoms with van der Waals surface area (Å²) in [6.07, 6.45) is 0. The number of alkyl halides is 4. The van der Waals surface area contributed by atoms with Gasteiger partial charge in [0.2, 0.25) is 5.91 Å². The van der Waals surface area contributed by atoms with Gasteiger partial charge in [-0.15, -0.1) is 11.6 Å². The fourth-order valence-corrected chi connectivity index (χ4v) is 4.42. The molecule has 4 fully saturated rings. The van der Waals surface area contributed by atoms with Gasteiger partial charge in [0.05, 0.1) is 14.3 Å². The Bertz CT molecular complexity index is 535. The molecule has 0 radical (unpaired) electrons. The van der Waals surface area contributed by atoms with Gasteiger partial charge < -0.3 is 24.0 Å². The van der Waals surface area contributed by atoms with Crippen molar-refractivity contribution in [1.29, 1.82) is 0 Å². The van der Waals surface area contributed by atoms with Gasteiger partial charge in [0.1, 0.15) is 0 Å². The molecule has 0 bridgehead atoms. The van der Waals surface area contributed by atoms with Crippen LogP contribution in [0.25, 0.3) is 0 Å². The molecule has 4 saturated heterocycles. The monoisotopic (exact) mass is 1440 g/mol. The van der Waals surface area contributed by atoms with Crippen LogP contribution in [0.1, 0.15) is 0 Å². The van der Waals surface area contributed by atoms with E-state index in [4.69, 9.17) is 28.2 Å². The van der Waals surface area contributed by atoms with Crippen LogP contribution in [0.2, 0.25) is 0 Å². The Balaban J connectivity index is -0.000000110. The van der Waals surface area contributed by atoms with Gasteiger partial charge in [-0.1, -0.05) is 73.7 Å². The molecule has 5 N–H and O–H groups in total. The average Bonchev–Trinajstić information content (AvgIpc) is 3.58. The molecule has 1 unspecified atom stereocenters. The molecule has 0 aromatic rings. The van der Waals surface area contributed by atoms with Crippen molar-refractivity contribution in [2.24, 2.45) is 29.2 Å². The van der Waals surface area contributed by atoms with E-state index in [1.54, 1.807) is 23.5 Å². The molecule has 18 heteroatoms. The molecular formula is C19H33ClI7N2O3S4V-. The second kappa shape index (κ2) is 43.8. The number of nitrogens with two attached hydrogens (primary N) is 2. The van der Waals surface area contributed by atoms with Crippen molar-refractivity contribution in [2.75, 3.05) is 53.5 Å². The van der Waals surface area contributed by atoms with Crippen LogP contribution >= 0.6 is 204 Å². The van der Waals surface area contributed by atoms with Gasteiger partial charge >= 0.3 is 55.4 Å². The average molecular weight is 1440 g/mol. The van der Waals surface area contributed by atoms with Crippen LogP contribution in [0.5, 0.6) is 0 Å². The van der Waals surface area contributed by atoms with Crippen LogP contribution in [0.15, 0.2) is 0 Å². The number of hydrogen-bond donors (Lipinski definition) is 3. The summed E-state index contributed by atoms with van der Waals surface area (Å²) in [5.74, 6) is 10.9. The fraction of sp³-hybridized carbons (Fsp3) is 0.737. The van der Waals surface area contributed by atoms with E-state index in [2.05, 4.69) is 157 Å². The Hall–Kier alpha value is 5.68. The summed E-state index contributed by atoms with van der Waals surface area (Å²) in [6.45, 7) is 0. The van der Waals surface area contributed by atoms with Gasteiger partial charge in [0, 0.05) is 101 Å². The first kappa shape index (κ1) is 52.2. The summed E-state index contributed by atoms with van der Waals surface area (Å²) in [6, 6.07) is 2.41. The molecule has 5 nitrogen and oxygen atoms in total. The zero-order valence-electron chi connectivity index (χ0n) is 20.2. The van der Waals surface area contributed by atoms with Crippen molar-refractivity contribution in [1.82, 2.24) is 0 Å². The number of aliphatic carboxylic acids is 1. The molecule has 1 atom stereocenters. The van der Waals surface area contributed by atoms with E-state index in [0.29, 0.717) is 15.4 Å². The molecule has 4 aliphatic rings.